The lowest BCUT2D eigenvalue weighted by Gasteiger charge is -2.21. The van der Waals surface area contributed by atoms with Gasteiger partial charge < -0.3 is 10.2 Å². The quantitative estimate of drug-likeness (QED) is 0.864. The van der Waals surface area contributed by atoms with Gasteiger partial charge in [-0.05, 0) is 68.0 Å². The average Bonchev–Trinajstić information content (AvgIpc) is 2.86. The molecule has 2 aliphatic heterocycles. The first kappa shape index (κ1) is 16.3. The third-order valence-electron chi connectivity index (χ3n) is 4.99. The molecule has 120 valence electrons. The van der Waals surface area contributed by atoms with E-state index in [1.807, 2.05) is 18.2 Å². The predicted octanol–water partition coefficient (Wildman–Crippen LogP) is 3.49. The lowest BCUT2D eigenvalue weighted by Crippen LogP contribution is -2.32. The minimum Gasteiger partial charge on any atom is -0.343 e. The molecule has 0 unspecified atom stereocenters. The number of nitrogens with one attached hydrogen (secondary N) is 1. The van der Waals surface area contributed by atoms with Crippen LogP contribution in [-0.2, 0) is 11.2 Å². The number of likely N-dealkylation sites (tertiary alicyclic amines) is 1. The fourth-order valence-corrected chi connectivity index (χ4v) is 4.24. The van der Waals surface area contributed by atoms with Crippen LogP contribution in [0.5, 0.6) is 0 Å². The van der Waals surface area contributed by atoms with Crippen molar-refractivity contribution in [2.45, 2.75) is 25.7 Å². The van der Waals surface area contributed by atoms with E-state index in [0.29, 0.717) is 6.42 Å². The van der Waals surface area contributed by atoms with Gasteiger partial charge in [-0.2, -0.15) is 0 Å². The minimum atomic E-state index is 0.278. The third-order valence-corrected chi connectivity index (χ3v) is 6.00. The van der Waals surface area contributed by atoms with Gasteiger partial charge in [0, 0.05) is 29.0 Å². The van der Waals surface area contributed by atoms with E-state index >= 15 is 0 Å². The van der Waals surface area contributed by atoms with Crippen molar-refractivity contribution in [3.8, 4) is 0 Å². The van der Waals surface area contributed by atoms with Gasteiger partial charge in [0.05, 0.1) is 0 Å². The molecule has 0 radical (unpaired) electrons. The van der Waals surface area contributed by atoms with E-state index < -0.39 is 0 Å². The Balaban J connectivity index is 1.54. The van der Waals surface area contributed by atoms with Crippen molar-refractivity contribution in [3.05, 3.63) is 33.3 Å². The summed E-state index contributed by atoms with van der Waals surface area (Å²) in [7, 11) is 0. The van der Waals surface area contributed by atoms with E-state index in [-0.39, 0.29) is 5.91 Å². The van der Waals surface area contributed by atoms with Crippen LogP contribution in [0.15, 0.2) is 22.7 Å². The van der Waals surface area contributed by atoms with Crippen molar-refractivity contribution in [2.75, 3.05) is 26.2 Å². The molecule has 22 heavy (non-hydrogen) atoms. The second-order valence-electron chi connectivity index (χ2n) is 6.37. The normalized spacial score (nSPS) is 24.9. The molecule has 2 aliphatic rings. The molecule has 1 amide bonds. The summed E-state index contributed by atoms with van der Waals surface area (Å²) in [5, 5.41) is 4.20. The molecule has 3 nitrogen and oxygen atoms in total. The van der Waals surface area contributed by atoms with Gasteiger partial charge in [0.25, 0.3) is 0 Å². The van der Waals surface area contributed by atoms with E-state index in [2.05, 4.69) is 26.1 Å². The molecule has 2 saturated heterocycles. The number of amides is 1. The third kappa shape index (κ3) is 3.84. The largest absolute Gasteiger partial charge is 0.343 e. The smallest absolute Gasteiger partial charge is 0.222 e. The molecule has 0 bridgehead atoms. The summed E-state index contributed by atoms with van der Waals surface area (Å²) in [4.78, 5) is 14.6. The zero-order valence-corrected chi connectivity index (χ0v) is 15.0. The Morgan fingerprint density at radius 1 is 1.27 bits per heavy atom. The molecule has 1 aromatic rings. The first-order chi connectivity index (χ1) is 10.6. The molecule has 1 aromatic carbocycles. The molecule has 0 saturated carbocycles. The Bertz CT molecular complexity index is 537. The SMILES string of the molecule is O=C(CCc1cc(Cl)ccc1Br)N1CC[C@@H]2CNC[C@@H]2CC1. The predicted molar refractivity (Wildman–Crippen MR) is 93.1 cm³/mol. The highest BCUT2D eigenvalue weighted by Gasteiger charge is 2.31. The Hall–Kier alpha value is -0.580. The maximum absolute atomic E-state index is 12.5. The number of nitrogens with zero attached hydrogens (tertiary/aromatic N) is 1. The van der Waals surface area contributed by atoms with Crippen LogP contribution in [0.25, 0.3) is 0 Å². The first-order valence-corrected chi connectivity index (χ1v) is 9.23. The number of aryl methyl sites for hydroxylation is 1. The van der Waals surface area contributed by atoms with Gasteiger partial charge in [0.15, 0.2) is 0 Å². The standard InChI is InChI=1S/C17H22BrClN2O/c18-16-3-2-15(19)9-12(16)1-4-17(22)21-7-5-13-10-20-11-14(13)6-8-21/h2-3,9,13-14,20H,1,4-8,10-11H2/t13-,14+. The van der Waals surface area contributed by atoms with Crippen molar-refractivity contribution in [1.29, 1.82) is 0 Å². The summed E-state index contributed by atoms with van der Waals surface area (Å²) >= 11 is 9.57. The maximum atomic E-state index is 12.5. The lowest BCUT2D eigenvalue weighted by atomic mass is 9.92. The van der Waals surface area contributed by atoms with Crippen LogP contribution in [0.3, 0.4) is 0 Å². The summed E-state index contributed by atoms with van der Waals surface area (Å²) < 4.78 is 1.03. The van der Waals surface area contributed by atoms with E-state index in [4.69, 9.17) is 11.6 Å². The van der Waals surface area contributed by atoms with Gasteiger partial charge >= 0.3 is 0 Å². The molecule has 0 spiro atoms. The number of carbonyl (C=O) groups excluding carboxylic acids is 1. The van der Waals surface area contributed by atoms with Gasteiger partial charge in [0.1, 0.15) is 0 Å². The number of fused-ring (bicyclic) bond motifs is 1. The Kier molecular flexibility index (Phi) is 5.42. The molecule has 1 N–H and O–H groups in total. The van der Waals surface area contributed by atoms with Crippen molar-refractivity contribution >= 4 is 33.4 Å². The van der Waals surface area contributed by atoms with Crippen molar-refractivity contribution < 1.29 is 4.79 Å². The van der Waals surface area contributed by atoms with Crippen LogP contribution in [0.2, 0.25) is 5.02 Å². The topological polar surface area (TPSA) is 32.3 Å². The Morgan fingerprint density at radius 3 is 2.64 bits per heavy atom. The zero-order chi connectivity index (χ0) is 15.5. The molecule has 0 aliphatic carbocycles. The van der Waals surface area contributed by atoms with Crippen LogP contribution in [0.4, 0.5) is 0 Å². The van der Waals surface area contributed by atoms with Gasteiger partial charge in [-0.1, -0.05) is 27.5 Å². The van der Waals surface area contributed by atoms with Gasteiger partial charge in [-0.25, -0.2) is 0 Å². The summed E-state index contributed by atoms with van der Waals surface area (Å²) in [6.07, 6.45) is 3.59. The van der Waals surface area contributed by atoms with Crippen LogP contribution in [0.1, 0.15) is 24.8 Å². The van der Waals surface area contributed by atoms with Crippen molar-refractivity contribution in [2.24, 2.45) is 11.8 Å². The molecular weight excluding hydrogens is 364 g/mol. The van der Waals surface area contributed by atoms with Crippen molar-refractivity contribution in [3.63, 3.8) is 0 Å². The first-order valence-electron chi connectivity index (χ1n) is 8.06. The molecule has 3 rings (SSSR count). The van der Waals surface area contributed by atoms with Gasteiger partial charge in [0.2, 0.25) is 5.91 Å². The number of benzene rings is 1. The van der Waals surface area contributed by atoms with Crippen LogP contribution in [-0.4, -0.2) is 37.0 Å². The fraction of sp³-hybridized carbons (Fsp3) is 0.588. The number of carbonyl (C=O) groups is 1. The summed E-state index contributed by atoms with van der Waals surface area (Å²) in [6.45, 7) is 4.08. The summed E-state index contributed by atoms with van der Waals surface area (Å²) in [6, 6.07) is 5.75. The second kappa shape index (κ2) is 7.33. The number of hydrogen-bond acceptors (Lipinski definition) is 2. The number of halogens is 2. The molecule has 2 heterocycles. The Morgan fingerprint density at radius 2 is 1.95 bits per heavy atom. The van der Waals surface area contributed by atoms with Crippen molar-refractivity contribution in [1.82, 2.24) is 10.2 Å². The molecule has 0 aromatic heterocycles. The van der Waals surface area contributed by atoms with E-state index in [9.17, 15) is 4.79 Å². The van der Waals surface area contributed by atoms with Gasteiger partial charge in [-0.3, -0.25) is 4.79 Å². The average molecular weight is 386 g/mol. The highest BCUT2D eigenvalue weighted by molar-refractivity contribution is 9.10. The van der Waals surface area contributed by atoms with Gasteiger partial charge in [-0.15, -0.1) is 0 Å². The molecule has 5 heteroatoms. The van der Waals surface area contributed by atoms with Crippen LogP contribution < -0.4 is 5.32 Å². The number of rotatable bonds is 3. The number of hydrogen-bond donors (Lipinski definition) is 1. The molecular formula is C17H22BrClN2O. The van der Waals surface area contributed by atoms with E-state index in [0.717, 1.165) is 72.3 Å². The monoisotopic (exact) mass is 384 g/mol. The summed E-state index contributed by atoms with van der Waals surface area (Å²) in [5.41, 5.74) is 1.11. The molecule has 2 fully saturated rings. The second-order valence-corrected chi connectivity index (χ2v) is 7.66. The van der Waals surface area contributed by atoms with E-state index in [1.54, 1.807) is 0 Å². The highest BCUT2D eigenvalue weighted by atomic mass is 79.9. The Labute approximate surface area is 145 Å². The van der Waals surface area contributed by atoms with Crippen LogP contribution in [0, 0.1) is 11.8 Å². The minimum absolute atomic E-state index is 0.278. The fourth-order valence-electron chi connectivity index (χ4n) is 3.60. The van der Waals surface area contributed by atoms with E-state index in [1.165, 1.54) is 0 Å². The molecule has 2 atom stereocenters. The zero-order valence-electron chi connectivity index (χ0n) is 12.7. The van der Waals surface area contributed by atoms with Crippen LogP contribution >= 0.6 is 27.5 Å². The maximum Gasteiger partial charge on any atom is 0.222 e. The summed E-state index contributed by atoms with van der Waals surface area (Å²) in [5.74, 6) is 1.81. The highest BCUT2D eigenvalue weighted by Crippen LogP contribution is 2.28. The lowest BCUT2D eigenvalue weighted by molar-refractivity contribution is -0.131.